The van der Waals surface area contributed by atoms with Crippen molar-refractivity contribution in [3.05, 3.63) is 29.3 Å². The molecular weight excluding hydrogens is 272 g/mol. The molecule has 1 saturated carbocycles. The Kier molecular flexibility index (Phi) is 3.66. The Hall–Kier alpha value is -1.01. The third-order valence-electron chi connectivity index (χ3n) is 3.94. The summed E-state index contributed by atoms with van der Waals surface area (Å²) in [4.78, 5) is -0.843. The monoisotopic (exact) mass is 289 g/mol. The van der Waals surface area contributed by atoms with Crippen molar-refractivity contribution in [3.63, 3.8) is 0 Å². The molecule has 1 aliphatic carbocycles. The van der Waals surface area contributed by atoms with E-state index in [4.69, 9.17) is 5.73 Å². The first kappa shape index (κ1) is 14.4. The highest BCUT2D eigenvalue weighted by molar-refractivity contribution is 7.90. The number of hydrogen-bond acceptors (Lipinski definition) is 3. The molecular formula is C13H17F2NO2S. The van der Waals surface area contributed by atoms with Crippen LogP contribution in [0.3, 0.4) is 0 Å². The lowest BCUT2D eigenvalue weighted by Gasteiger charge is -2.28. The van der Waals surface area contributed by atoms with Gasteiger partial charge in [-0.2, -0.15) is 0 Å². The summed E-state index contributed by atoms with van der Waals surface area (Å²) in [5.74, 6) is -2.02. The van der Waals surface area contributed by atoms with Gasteiger partial charge in [0.25, 0.3) is 0 Å². The number of halogens is 2. The third kappa shape index (κ3) is 2.39. The fourth-order valence-electron chi connectivity index (χ4n) is 2.92. The number of benzene rings is 1. The Morgan fingerprint density at radius 2 is 1.84 bits per heavy atom. The van der Waals surface area contributed by atoms with Gasteiger partial charge in [0.2, 0.25) is 0 Å². The van der Waals surface area contributed by atoms with Crippen molar-refractivity contribution in [1.29, 1.82) is 0 Å². The molecule has 0 heterocycles. The number of rotatable bonds is 3. The van der Waals surface area contributed by atoms with E-state index in [-0.39, 0.29) is 12.1 Å². The van der Waals surface area contributed by atoms with Crippen molar-refractivity contribution in [1.82, 2.24) is 0 Å². The topological polar surface area (TPSA) is 60.2 Å². The summed E-state index contributed by atoms with van der Waals surface area (Å²) in [6.45, 7) is 0.235. The van der Waals surface area contributed by atoms with E-state index >= 15 is 0 Å². The van der Waals surface area contributed by atoms with E-state index in [0.29, 0.717) is 12.8 Å². The van der Waals surface area contributed by atoms with Crippen molar-refractivity contribution >= 4 is 9.84 Å². The van der Waals surface area contributed by atoms with Crippen molar-refractivity contribution in [2.45, 2.75) is 36.0 Å². The highest BCUT2D eigenvalue weighted by atomic mass is 32.2. The van der Waals surface area contributed by atoms with Crippen molar-refractivity contribution < 1.29 is 17.2 Å². The van der Waals surface area contributed by atoms with Gasteiger partial charge in [0.15, 0.2) is 9.84 Å². The highest BCUT2D eigenvalue weighted by Gasteiger charge is 2.38. The second kappa shape index (κ2) is 4.83. The van der Waals surface area contributed by atoms with Crippen LogP contribution in [0.1, 0.15) is 31.2 Å². The third-order valence-corrected chi connectivity index (χ3v) is 5.06. The molecule has 1 aromatic carbocycles. The Bertz CT molecular complexity index is 593. The van der Waals surface area contributed by atoms with Gasteiger partial charge in [-0.25, -0.2) is 17.2 Å². The molecule has 3 nitrogen and oxygen atoms in total. The molecule has 1 aliphatic rings. The van der Waals surface area contributed by atoms with E-state index < -0.39 is 31.8 Å². The van der Waals surface area contributed by atoms with Crippen LogP contribution in [0.25, 0.3) is 0 Å². The van der Waals surface area contributed by atoms with E-state index in [1.165, 1.54) is 6.07 Å². The van der Waals surface area contributed by atoms with Crippen LogP contribution in [-0.2, 0) is 15.3 Å². The van der Waals surface area contributed by atoms with Gasteiger partial charge < -0.3 is 5.73 Å². The van der Waals surface area contributed by atoms with Crippen molar-refractivity contribution in [3.8, 4) is 0 Å². The average molecular weight is 289 g/mol. The highest BCUT2D eigenvalue weighted by Crippen LogP contribution is 2.42. The van der Waals surface area contributed by atoms with Crippen LogP contribution in [-0.4, -0.2) is 21.2 Å². The van der Waals surface area contributed by atoms with Gasteiger partial charge in [-0.3, -0.25) is 0 Å². The van der Waals surface area contributed by atoms with Gasteiger partial charge >= 0.3 is 0 Å². The minimum Gasteiger partial charge on any atom is -0.330 e. The standard InChI is InChI=1S/C13H17F2NO2S/c1-19(17,18)12-10(14)5-4-9(11(12)15)13(8-16)6-2-3-7-13/h4-5H,2-3,6-8,16H2,1H3. The molecule has 2 rings (SSSR count). The summed E-state index contributed by atoms with van der Waals surface area (Å²) < 4.78 is 51.1. The van der Waals surface area contributed by atoms with E-state index in [1.807, 2.05) is 0 Å². The molecule has 0 saturated heterocycles. The molecule has 0 aromatic heterocycles. The fraction of sp³-hybridized carbons (Fsp3) is 0.538. The second-order valence-electron chi connectivity index (χ2n) is 5.20. The van der Waals surface area contributed by atoms with E-state index in [0.717, 1.165) is 25.2 Å². The van der Waals surface area contributed by atoms with Crippen LogP contribution < -0.4 is 5.73 Å². The minimum absolute atomic E-state index is 0.231. The summed E-state index contributed by atoms with van der Waals surface area (Å²) in [6, 6.07) is 2.35. The molecule has 6 heteroatoms. The maximum absolute atomic E-state index is 14.4. The van der Waals surface area contributed by atoms with Crippen LogP contribution in [0.2, 0.25) is 0 Å². The maximum Gasteiger partial charge on any atom is 0.181 e. The quantitative estimate of drug-likeness (QED) is 0.927. The lowest BCUT2D eigenvalue weighted by atomic mass is 9.78. The van der Waals surface area contributed by atoms with Crippen molar-refractivity contribution in [2.24, 2.45) is 5.73 Å². The van der Waals surface area contributed by atoms with Crippen LogP contribution in [0.4, 0.5) is 8.78 Å². The van der Waals surface area contributed by atoms with Gasteiger partial charge in [-0.1, -0.05) is 18.9 Å². The van der Waals surface area contributed by atoms with E-state index in [9.17, 15) is 17.2 Å². The predicted molar refractivity (Wildman–Crippen MR) is 68.7 cm³/mol. The van der Waals surface area contributed by atoms with Gasteiger partial charge in [-0.05, 0) is 24.5 Å². The van der Waals surface area contributed by atoms with Crippen LogP contribution in [0.5, 0.6) is 0 Å². The molecule has 0 atom stereocenters. The molecule has 0 radical (unpaired) electrons. The molecule has 0 aliphatic heterocycles. The zero-order valence-corrected chi connectivity index (χ0v) is 11.6. The number of nitrogens with two attached hydrogens (primary N) is 1. The van der Waals surface area contributed by atoms with E-state index in [1.54, 1.807) is 0 Å². The fourth-order valence-corrected chi connectivity index (χ4v) is 3.77. The van der Waals surface area contributed by atoms with Gasteiger partial charge in [0.05, 0.1) is 0 Å². The van der Waals surface area contributed by atoms with Crippen LogP contribution in [0, 0.1) is 11.6 Å². The predicted octanol–water partition coefficient (Wildman–Crippen LogP) is 2.14. The first-order valence-corrected chi connectivity index (χ1v) is 8.09. The van der Waals surface area contributed by atoms with Crippen LogP contribution in [0.15, 0.2) is 17.0 Å². The lowest BCUT2D eigenvalue weighted by Crippen LogP contribution is -2.33. The first-order chi connectivity index (χ1) is 8.82. The average Bonchev–Trinajstić information content (AvgIpc) is 2.77. The van der Waals surface area contributed by atoms with Gasteiger partial charge in [0, 0.05) is 18.2 Å². The Morgan fingerprint density at radius 3 is 2.32 bits per heavy atom. The molecule has 19 heavy (non-hydrogen) atoms. The summed E-state index contributed by atoms with van der Waals surface area (Å²) in [5, 5.41) is 0. The first-order valence-electron chi connectivity index (χ1n) is 6.20. The lowest BCUT2D eigenvalue weighted by molar-refractivity contribution is 0.413. The second-order valence-corrected chi connectivity index (χ2v) is 7.15. The van der Waals surface area contributed by atoms with Crippen molar-refractivity contribution in [2.75, 3.05) is 12.8 Å². The Labute approximate surface area is 111 Å². The molecule has 0 amide bonds. The number of sulfone groups is 1. The Morgan fingerprint density at radius 1 is 1.26 bits per heavy atom. The van der Waals surface area contributed by atoms with Gasteiger partial charge in [-0.15, -0.1) is 0 Å². The normalized spacial score (nSPS) is 18.7. The molecule has 0 unspecified atom stereocenters. The molecule has 1 aromatic rings. The summed E-state index contributed by atoms with van der Waals surface area (Å²) in [7, 11) is -3.94. The molecule has 0 spiro atoms. The zero-order valence-electron chi connectivity index (χ0n) is 10.7. The zero-order chi connectivity index (χ0) is 14.3. The maximum atomic E-state index is 14.4. The SMILES string of the molecule is CS(=O)(=O)c1c(F)ccc(C2(CN)CCCC2)c1F. The summed E-state index contributed by atoms with van der Waals surface area (Å²) in [6.07, 6.45) is 4.05. The van der Waals surface area contributed by atoms with Crippen LogP contribution >= 0.6 is 0 Å². The Balaban J connectivity index is 2.67. The molecule has 106 valence electrons. The van der Waals surface area contributed by atoms with E-state index in [2.05, 4.69) is 0 Å². The molecule has 0 bridgehead atoms. The summed E-state index contributed by atoms with van der Waals surface area (Å²) in [5.41, 5.74) is 5.43. The number of hydrogen-bond donors (Lipinski definition) is 1. The minimum atomic E-state index is -3.94. The smallest absolute Gasteiger partial charge is 0.181 e. The molecule has 1 fully saturated rings. The summed E-state index contributed by atoms with van der Waals surface area (Å²) >= 11 is 0. The van der Waals surface area contributed by atoms with Gasteiger partial charge in [0.1, 0.15) is 16.5 Å². The molecule has 2 N–H and O–H groups in total. The largest absolute Gasteiger partial charge is 0.330 e.